The molecule has 1 aliphatic rings. The first-order chi connectivity index (χ1) is 12.0. The quantitative estimate of drug-likeness (QED) is 0.491. The highest BCUT2D eigenvalue weighted by Crippen LogP contribution is 2.36. The number of carbonyl (C=O) groups excluding carboxylic acids is 1. The molecule has 1 aromatic heterocycles. The Bertz CT molecular complexity index is 822. The van der Waals surface area contributed by atoms with Gasteiger partial charge in [-0.2, -0.15) is 5.26 Å². The van der Waals surface area contributed by atoms with Gasteiger partial charge in [-0.05, 0) is 18.2 Å². The van der Waals surface area contributed by atoms with Crippen molar-refractivity contribution in [2.24, 2.45) is 0 Å². The van der Waals surface area contributed by atoms with Crippen LogP contribution in [0.2, 0.25) is 0 Å². The second-order valence-electron chi connectivity index (χ2n) is 4.93. The van der Waals surface area contributed by atoms with Crippen molar-refractivity contribution in [3.05, 3.63) is 57.7 Å². The Kier molecular flexibility index (Phi) is 5.52. The van der Waals surface area contributed by atoms with Crippen LogP contribution in [0.4, 0.5) is 0 Å². The Balaban J connectivity index is 0.000000511. The van der Waals surface area contributed by atoms with E-state index in [0.29, 0.717) is 24.3 Å². The molecule has 2 heterocycles. The highest BCUT2D eigenvalue weighted by Gasteiger charge is 2.26. The average molecular weight is 346 g/mol. The minimum Gasteiger partial charge on any atom is -0.493 e. The van der Waals surface area contributed by atoms with Crippen LogP contribution in [0.25, 0.3) is 0 Å². The van der Waals surface area contributed by atoms with Gasteiger partial charge in [0.1, 0.15) is 11.4 Å². The Morgan fingerprint density at radius 3 is 2.96 bits per heavy atom. The maximum atomic E-state index is 11.8. The summed E-state index contributed by atoms with van der Waals surface area (Å²) in [5.74, 6) is 0.298. The molecular formula is C15H14N4O6. The number of methoxy groups -OCH3 is 1. The number of nitrogens with zero attached hydrogens (tertiary/aromatic N) is 4. The van der Waals surface area contributed by atoms with E-state index in [9.17, 15) is 4.79 Å². The molecule has 0 bridgehead atoms. The SMILES string of the molecule is COC(=O)c1cncn1C1CCOc2ccc(C#N)cc21.O=[N+]([O-])O. The molecule has 0 aliphatic carbocycles. The first-order valence-corrected chi connectivity index (χ1v) is 7.08. The fraction of sp³-hybridized carbons (Fsp3) is 0.267. The van der Waals surface area contributed by atoms with E-state index in [1.165, 1.54) is 13.3 Å². The molecule has 0 radical (unpaired) electrons. The molecular weight excluding hydrogens is 332 g/mol. The summed E-state index contributed by atoms with van der Waals surface area (Å²) in [6.45, 7) is 0.544. The molecule has 0 saturated carbocycles. The van der Waals surface area contributed by atoms with Crippen molar-refractivity contribution in [1.82, 2.24) is 9.55 Å². The van der Waals surface area contributed by atoms with Crippen LogP contribution in [-0.2, 0) is 4.74 Å². The number of imidazole rings is 1. The number of nitriles is 1. The summed E-state index contributed by atoms with van der Waals surface area (Å²) in [5, 5.41) is 22.7. The molecule has 3 rings (SSSR count). The second kappa shape index (κ2) is 7.78. The number of fused-ring (bicyclic) bond motifs is 1. The lowest BCUT2D eigenvalue weighted by Gasteiger charge is -2.27. The molecule has 0 fully saturated rings. The van der Waals surface area contributed by atoms with Crippen LogP contribution in [0.1, 0.15) is 34.1 Å². The van der Waals surface area contributed by atoms with Gasteiger partial charge in [-0.15, -0.1) is 10.1 Å². The predicted molar refractivity (Wildman–Crippen MR) is 81.8 cm³/mol. The third-order valence-electron chi connectivity index (χ3n) is 3.54. The van der Waals surface area contributed by atoms with Crippen molar-refractivity contribution < 1.29 is 24.6 Å². The smallest absolute Gasteiger partial charge is 0.356 e. The maximum Gasteiger partial charge on any atom is 0.356 e. The summed E-state index contributed by atoms with van der Waals surface area (Å²) >= 11 is 0. The molecule has 2 aromatic rings. The van der Waals surface area contributed by atoms with E-state index in [2.05, 4.69) is 11.1 Å². The Labute approximate surface area is 141 Å². The molecule has 1 unspecified atom stereocenters. The lowest BCUT2D eigenvalue weighted by molar-refractivity contribution is -0.742. The van der Waals surface area contributed by atoms with Crippen molar-refractivity contribution >= 4 is 5.97 Å². The number of hydrogen-bond acceptors (Lipinski definition) is 7. The maximum absolute atomic E-state index is 11.8. The Morgan fingerprint density at radius 1 is 1.60 bits per heavy atom. The van der Waals surface area contributed by atoms with Crippen molar-refractivity contribution in [1.29, 1.82) is 5.26 Å². The van der Waals surface area contributed by atoms with E-state index in [4.69, 9.17) is 30.1 Å². The first kappa shape index (κ1) is 17.7. The summed E-state index contributed by atoms with van der Waals surface area (Å²) in [6, 6.07) is 7.32. The van der Waals surface area contributed by atoms with E-state index in [-0.39, 0.29) is 6.04 Å². The van der Waals surface area contributed by atoms with Gasteiger partial charge in [-0.3, -0.25) is 0 Å². The normalized spacial score (nSPS) is 14.8. The van der Waals surface area contributed by atoms with Gasteiger partial charge in [-0.25, -0.2) is 9.78 Å². The first-order valence-electron chi connectivity index (χ1n) is 7.08. The standard InChI is InChI=1S/C15H13N3O3.HNO3/c1-20-15(19)13-8-17-9-18(13)12-4-5-21-14-3-2-10(7-16)6-11(12)14;2-1(3)4/h2-3,6,8-9,12H,4-5H2,1H3;(H,2,3,4). The minimum absolute atomic E-state index is 0.0985. The number of hydrogen-bond donors (Lipinski definition) is 1. The van der Waals surface area contributed by atoms with Crippen molar-refractivity contribution in [2.45, 2.75) is 12.5 Å². The highest BCUT2D eigenvalue weighted by atomic mass is 16.9. The minimum atomic E-state index is -1.50. The molecule has 1 aromatic carbocycles. The van der Waals surface area contributed by atoms with Gasteiger partial charge >= 0.3 is 5.97 Å². The van der Waals surface area contributed by atoms with Crippen LogP contribution >= 0.6 is 0 Å². The predicted octanol–water partition coefficient (Wildman–Crippen LogP) is 1.57. The zero-order valence-electron chi connectivity index (χ0n) is 13.2. The topological polar surface area (TPSA) is 141 Å². The molecule has 10 heteroatoms. The van der Waals surface area contributed by atoms with Crippen LogP contribution in [0.5, 0.6) is 5.75 Å². The van der Waals surface area contributed by atoms with Gasteiger partial charge in [0.15, 0.2) is 0 Å². The number of esters is 1. The number of benzene rings is 1. The molecule has 0 spiro atoms. The molecule has 0 saturated heterocycles. The fourth-order valence-corrected chi connectivity index (χ4v) is 2.55. The van der Waals surface area contributed by atoms with Gasteiger partial charge in [0, 0.05) is 12.0 Å². The molecule has 1 aliphatic heterocycles. The van der Waals surface area contributed by atoms with Crippen molar-refractivity contribution in [3.63, 3.8) is 0 Å². The third kappa shape index (κ3) is 4.03. The Morgan fingerprint density at radius 2 is 2.32 bits per heavy atom. The molecule has 1 N–H and O–H groups in total. The summed E-state index contributed by atoms with van der Waals surface area (Å²) in [5.41, 5.74) is 1.82. The average Bonchev–Trinajstić information content (AvgIpc) is 3.09. The number of ether oxygens (including phenoxy) is 2. The fourth-order valence-electron chi connectivity index (χ4n) is 2.55. The molecule has 10 nitrogen and oxygen atoms in total. The van der Waals surface area contributed by atoms with Gasteiger partial charge in [-0.1, -0.05) is 0 Å². The lowest BCUT2D eigenvalue weighted by atomic mass is 9.98. The molecule has 25 heavy (non-hydrogen) atoms. The van der Waals surface area contributed by atoms with Crippen LogP contribution in [0.3, 0.4) is 0 Å². The molecule has 1 atom stereocenters. The van der Waals surface area contributed by atoms with Crippen molar-refractivity contribution in [2.75, 3.05) is 13.7 Å². The third-order valence-corrected chi connectivity index (χ3v) is 3.54. The second-order valence-corrected chi connectivity index (χ2v) is 4.93. The molecule has 0 amide bonds. The van der Waals surface area contributed by atoms with Crippen LogP contribution in [-0.4, -0.2) is 39.5 Å². The van der Waals surface area contributed by atoms with Crippen LogP contribution in [0, 0.1) is 21.4 Å². The van der Waals surface area contributed by atoms with Gasteiger partial charge < -0.3 is 19.2 Å². The van der Waals surface area contributed by atoms with Crippen LogP contribution in [0.15, 0.2) is 30.7 Å². The summed E-state index contributed by atoms with van der Waals surface area (Å²) < 4.78 is 12.2. The zero-order chi connectivity index (χ0) is 18.4. The van der Waals surface area contributed by atoms with Gasteiger partial charge in [0.2, 0.25) is 0 Å². The van der Waals surface area contributed by atoms with E-state index in [1.54, 1.807) is 29.1 Å². The van der Waals surface area contributed by atoms with E-state index < -0.39 is 11.1 Å². The number of carbonyl (C=O) groups is 1. The summed E-state index contributed by atoms with van der Waals surface area (Å²) in [4.78, 5) is 24.2. The Hall–Kier alpha value is -3.61. The van der Waals surface area contributed by atoms with Gasteiger partial charge in [0.25, 0.3) is 5.09 Å². The summed E-state index contributed by atoms with van der Waals surface area (Å²) in [6.07, 6.45) is 3.78. The van der Waals surface area contributed by atoms with Gasteiger partial charge in [0.05, 0.1) is 43.9 Å². The van der Waals surface area contributed by atoms with Crippen molar-refractivity contribution in [3.8, 4) is 11.8 Å². The monoisotopic (exact) mass is 346 g/mol. The number of aromatic nitrogens is 2. The largest absolute Gasteiger partial charge is 0.493 e. The van der Waals surface area contributed by atoms with E-state index >= 15 is 0 Å². The highest BCUT2D eigenvalue weighted by molar-refractivity contribution is 5.87. The zero-order valence-corrected chi connectivity index (χ0v) is 13.2. The molecule has 130 valence electrons. The van der Waals surface area contributed by atoms with E-state index in [0.717, 1.165) is 11.3 Å². The van der Waals surface area contributed by atoms with Crippen LogP contribution < -0.4 is 4.74 Å². The number of rotatable bonds is 2. The lowest BCUT2D eigenvalue weighted by Crippen LogP contribution is -2.23. The summed E-state index contributed by atoms with van der Waals surface area (Å²) in [7, 11) is 1.34. The van der Waals surface area contributed by atoms with E-state index in [1.807, 2.05) is 0 Å².